The summed E-state index contributed by atoms with van der Waals surface area (Å²) in [6.45, 7) is 4.48. The number of hydrogen-bond donors (Lipinski definition) is 0. The van der Waals surface area contributed by atoms with Crippen LogP contribution in [0.1, 0.15) is 54.3 Å². The zero-order valence-electron chi connectivity index (χ0n) is 16.1. The Hall–Kier alpha value is -2.33. The molecule has 28 heavy (non-hydrogen) atoms. The van der Waals surface area contributed by atoms with Gasteiger partial charge in [-0.2, -0.15) is 9.29 Å². The standard InChI is InChI=1S/C18H25N5O4S/c1-3-4-11-28(25,26)22-9-6-10-23(18(24)15-7-5-8-19-12-15)16(13-22)17-20-14(2)21-27-17/h5,7-8,12,16H,3-4,6,9-11,13H2,1-2H3. The molecular formula is C18H25N5O4S. The summed E-state index contributed by atoms with van der Waals surface area (Å²) in [7, 11) is -3.42. The Morgan fingerprint density at radius 2 is 2.18 bits per heavy atom. The van der Waals surface area contributed by atoms with Crippen molar-refractivity contribution >= 4 is 15.9 Å². The third kappa shape index (κ3) is 4.56. The summed E-state index contributed by atoms with van der Waals surface area (Å²) in [4.78, 5) is 23.0. The van der Waals surface area contributed by atoms with Crippen LogP contribution in [-0.4, -0.2) is 64.0 Å². The summed E-state index contributed by atoms with van der Waals surface area (Å²) in [6.07, 6.45) is 5.02. The summed E-state index contributed by atoms with van der Waals surface area (Å²) in [6, 6.07) is 2.73. The first-order chi connectivity index (χ1) is 13.4. The number of aromatic nitrogens is 3. The van der Waals surface area contributed by atoms with E-state index in [2.05, 4.69) is 15.1 Å². The number of carbonyl (C=O) groups excluding carboxylic acids is 1. The highest BCUT2D eigenvalue weighted by molar-refractivity contribution is 7.89. The molecule has 1 atom stereocenters. The molecule has 152 valence electrons. The Bertz CT molecular complexity index is 900. The average Bonchev–Trinajstić information content (AvgIpc) is 2.99. The molecule has 1 unspecified atom stereocenters. The van der Waals surface area contributed by atoms with E-state index in [-0.39, 0.29) is 24.1 Å². The highest BCUT2D eigenvalue weighted by Crippen LogP contribution is 2.27. The minimum atomic E-state index is -3.42. The number of amides is 1. The van der Waals surface area contributed by atoms with E-state index < -0.39 is 16.1 Å². The maximum Gasteiger partial charge on any atom is 0.256 e. The zero-order valence-corrected chi connectivity index (χ0v) is 16.9. The van der Waals surface area contributed by atoms with Crippen molar-refractivity contribution in [1.29, 1.82) is 0 Å². The number of nitrogens with zero attached hydrogens (tertiary/aromatic N) is 5. The second-order valence-corrected chi connectivity index (χ2v) is 8.91. The van der Waals surface area contributed by atoms with Gasteiger partial charge in [0.2, 0.25) is 10.0 Å². The van der Waals surface area contributed by atoms with Crippen molar-refractivity contribution in [2.24, 2.45) is 0 Å². The Labute approximate surface area is 164 Å². The highest BCUT2D eigenvalue weighted by Gasteiger charge is 2.37. The molecule has 1 aliphatic rings. The molecule has 10 heteroatoms. The molecule has 1 aliphatic heterocycles. The maximum absolute atomic E-state index is 13.1. The van der Waals surface area contributed by atoms with Crippen molar-refractivity contribution in [3.8, 4) is 0 Å². The van der Waals surface area contributed by atoms with Gasteiger partial charge >= 0.3 is 0 Å². The van der Waals surface area contributed by atoms with Gasteiger partial charge in [0.05, 0.1) is 11.3 Å². The topological polar surface area (TPSA) is 110 Å². The molecule has 0 saturated carbocycles. The molecule has 0 spiro atoms. The van der Waals surface area contributed by atoms with Gasteiger partial charge in [-0.05, 0) is 31.9 Å². The molecule has 9 nitrogen and oxygen atoms in total. The molecule has 1 amide bonds. The van der Waals surface area contributed by atoms with Gasteiger partial charge in [-0.15, -0.1) is 0 Å². The summed E-state index contributed by atoms with van der Waals surface area (Å²) in [5.74, 6) is 0.540. The van der Waals surface area contributed by atoms with Crippen molar-refractivity contribution in [3.63, 3.8) is 0 Å². The van der Waals surface area contributed by atoms with Crippen LogP contribution in [0.5, 0.6) is 0 Å². The lowest BCUT2D eigenvalue weighted by Crippen LogP contribution is -2.41. The number of pyridine rings is 1. The number of hydrogen-bond acceptors (Lipinski definition) is 7. The fourth-order valence-corrected chi connectivity index (χ4v) is 4.91. The molecule has 0 radical (unpaired) electrons. The van der Waals surface area contributed by atoms with E-state index in [1.807, 2.05) is 6.92 Å². The van der Waals surface area contributed by atoms with Crippen molar-refractivity contribution in [3.05, 3.63) is 41.8 Å². The predicted molar refractivity (Wildman–Crippen MR) is 102 cm³/mol. The third-order valence-corrected chi connectivity index (χ3v) is 6.63. The Balaban J connectivity index is 1.93. The smallest absolute Gasteiger partial charge is 0.256 e. The van der Waals surface area contributed by atoms with Gasteiger partial charge in [0.15, 0.2) is 5.82 Å². The minimum Gasteiger partial charge on any atom is -0.337 e. The quantitative estimate of drug-likeness (QED) is 0.718. The molecule has 0 aliphatic carbocycles. The predicted octanol–water partition coefficient (Wildman–Crippen LogP) is 1.79. The van der Waals surface area contributed by atoms with Gasteiger partial charge in [-0.3, -0.25) is 9.78 Å². The Kier molecular flexibility index (Phi) is 6.40. The second kappa shape index (κ2) is 8.78. The van der Waals surface area contributed by atoms with Gasteiger partial charge in [-0.25, -0.2) is 8.42 Å². The van der Waals surface area contributed by atoms with E-state index >= 15 is 0 Å². The lowest BCUT2D eigenvalue weighted by molar-refractivity contribution is 0.0647. The second-order valence-electron chi connectivity index (χ2n) is 6.82. The van der Waals surface area contributed by atoms with Crippen LogP contribution in [0, 0.1) is 6.92 Å². The van der Waals surface area contributed by atoms with Gasteiger partial charge in [0, 0.05) is 32.0 Å². The van der Waals surface area contributed by atoms with E-state index in [9.17, 15) is 13.2 Å². The SMILES string of the molecule is CCCCS(=O)(=O)N1CCCN(C(=O)c2cccnc2)C(c2nc(C)no2)C1. The van der Waals surface area contributed by atoms with Crippen molar-refractivity contribution in [2.75, 3.05) is 25.4 Å². The number of aryl methyl sites for hydroxylation is 1. The largest absolute Gasteiger partial charge is 0.337 e. The average molecular weight is 407 g/mol. The Morgan fingerprint density at radius 1 is 1.36 bits per heavy atom. The summed E-state index contributed by atoms with van der Waals surface area (Å²) < 4.78 is 32.3. The first-order valence-corrected chi connectivity index (χ1v) is 11.0. The summed E-state index contributed by atoms with van der Waals surface area (Å²) >= 11 is 0. The Morgan fingerprint density at radius 3 is 2.82 bits per heavy atom. The lowest BCUT2D eigenvalue weighted by Gasteiger charge is -2.29. The van der Waals surface area contributed by atoms with Gasteiger partial charge < -0.3 is 9.42 Å². The van der Waals surface area contributed by atoms with Gasteiger partial charge in [0.1, 0.15) is 6.04 Å². The lowest BCUT2D eigenvalue weighted by atomic mass is 10.2. The van der Waals surface area contributed by atoms with Crippen LogP contribution in [0.3, 0.4) is 0 Å². The normalized spacial score (nSPS) is 18.8. The van der Waals surface area contributed by atoms with Crippen LogP contribution < -0.4 is 0 Å². The van der Waals surface area contributed by atoms with Gasteiger partial charge in [0.25, 0.3) is 11.8 Å². The van der Waals surface area contributed by atoms with E-state index in [1.54, 1.807) is 30.2 Å². The van der Waals surface area contributed by atoms with E-state index in [0.717, 1.165) is 6.42 Å². The van der Waals surface area contributed by atoms with E-state index in [1.165, 1.54) is 10.5 Å². The van der Waals surface area contributed by atoms with Crippen LogP contribution in [-0.2, 0) is 10.0 Å². The highest BCUT2D eigenvalue weighted by atomic mass is 32.2. The van der Waals surface area contributed by atoms with E-state index in [4.69, 9.17) is 4.52 Å². The van der Waals surface area contributed by atoms with Crippen LogP contribution in [0.4, 0.5) is 0 Å². The molecule has 1 saturated heterocycles. The van der Waals surface area contributed by atoms with E-state index in [0.29, 0.717) is 37.3 Å². The van der Waals surface area contributed by atoms with Crippen LogP contribution >= 0.6 is 0 Å². The molecule has 2 aromatic rings. The maximum atomic E-state index is 13.1. The summed E-state index contributed by atoms with van der Waals surface area (Å²) in [5, 5.41) is 3.82. The molecule has 0 N–H and O–H groups in total. The van der Waals surface area contributed by atoms with Gasteiger partial charge in [-0.1, -0.05) is 18.5 Å². The van der Waals surface area contributed by atoms with Crippen LogP contribution in [0.2, 0.25) is 0 Å². The number of rotatable bonds is 6. The zero-order chi connectivity index (χ0) is 20.1. The molecule has 2 aromatic heterocycles. The third-order valence-electron chi connectivity index (χ3n) is 4.71. The van der Waals surface area contributed by atoms with Crippen molar-refractivity contribution in [2.45, 2.75) is 39.2 Å². The molecule has 3 heterocycles. The first-order valence-electron chi connectivity index (χ1n) is 9.41. The molecule has 0 aromatic carbocycles. The number of carbonyl (C=O) groups is 1. The minimum absolute atomic E-state index is 0.0929. The van der Waals surface area contributed by atoms with Crippen LogP contribution in [0.15, 0.2) is 29.0 Å². The molecular weight excluding hydrogens is 382 g/mol. The van der Waals surface area contributed by atoms with Crippen molar-refractivity contribution in [1.82, 2.24) is 24.3 Å². The fourth-order valence-electron chi connectivity index (χ4n) is 3.22. The van der Waals surface area contributed by atoms with Crippen LogP contribution in [0.25, 0.3) is 0 Å². The summed E-state index contributed by atoms with van der Waals surface area (Å²) in [5.41, 5.74) is 0.436. The monoisotopic (exact) mass is 407 g/mol. The fraction of sp³-hybridized carbons (Fsp3) is 0.556. The molecule has 0 bridgehead atoms. The number of sulfonamides is 1. The van der Waals surface area contributed by atoms with Crippen molar-refractivity contribution < 1.29 is 17.7 Å². The number of unbranched alkanes of at least 4 members (excludes halogenated alkanes) is 1. The molecule has 3 rings (SSSR count). The first kappa shape index (κ1) is 20.4. The molecule has 1 fully saturated rings.